The fourth-order valence-corrected chi connectivity index (χ4v) is 2.58. The molecule has 14 heavy (non-hydrogen) atoms. The van der Waals surface area contributed by atoms with Gasteiger partial charge in [0.25, 0.3) is 0 Å². The highest BCUT2D eigenvalue weighted by Gasteiger charge is 2.27. The van der Waals surface area contributed by atoms with E-state index < -0.39 is 0 Å². The molecule has 1 aliphatic carbocycles. The van der Waals surface area contributed by atoms with Crippen LogP contribution in [0.15, 0.2) is 0 Å². The molecular formula is C11H20N2O. The predicted octanol–water partition coefficient (Wildman–Crippen LogP) is 2.08. The predicted molar refractivity (Wildman–Crippen MR) is 56.2 cm³/mol. The molecule has 0 bridgehead atoms. The Kier molecular flexibility index (Phi) is 2.94. The summed E-state index contributed by atoms with van der Waals surface area (Å²) >= 11 is 0. The van der Waals surface area contributed by atoms with E-state index in [0.29, 0.717) is 6.04 Å². The first-order valence-corrected chi connectivity index (χ1v) is 5.81. The Balaban J connectivity index is 1.89. The molecule has 0 radical (unpaired) electrons. The van der Waals surface area contributed by atoms with E-state index in [9.17, 15) is 4.79 Å². The van der Waals surface area contributed by atoms with Crippen molar-refractivity contribution in [1.29, 1.82) is 0 Å². The molecule has 0 N–H and O–H groups in total. The molecule has 0 aromatic heterocycles. The Morgan fingerprint density at radius 2 is 1.71 bits per heavy atom. The molecule has 0 spiro atoms. The van der Waals surface area contributed by atoms with Crippen LogP contribution in [0.1, 0.15) is 38.5 Å². The number of urea groups is 1. The first kappa shape index (κ1) is 9.81. The Labute approximate surface area is 86.1 Å². The van der Waals surface area contributed by atoms with Gasteiger partial charge in [0.2, 0.25) is 0 Å². The van der Waals surface area contributed by atoms with Gasteiger partial charge < -0.3 is 9.80 Å². The van der Waals surface area contributed by atoms with Gasteiger partial charge in [-0.1, -0.05) is 12.8 Å². The lowest BCUT2D eigenvalue weighted by atomic mass is 10.2. The Morgan fingerprint density at radius 1 is 1.14 bits per heavy atom. The van der Waals surface area contributed by atoms with Crippen molar-refractivity contribution in [2.24, 2.45) is 0 Å². The Bertz CT molecular complexity index is 205. The van der Waals surface area contributed by atoms with Crippen molar-refractivity contribution >= 4 is 6.03 Å². The quantitative estimate of drug-likeness (QED) is 0.630. The van der Waals surface area contributed by atoms with Crippen LogP contribution in [0.5, 0.6) is 0 Å². The summed E-state index contributed by atoms with van der Waals surface area (Å²) in [5, 5.41) is 0. The van der Waals surface area contributed by atoms with Crippen molar-refractivity contribution in [3.8, 4) is 0 Å². The second-order valence-corrected chi connectivity index (χ2v) is 4.53. The van der Waals surface area contributed by atoms with Gasteiger partial charge in [-0.15, -0.1) is 0 Å². The van der Waals surface area contributed by atoms with Gasteiger partial charge in [0.1, 0.15) is 0 Å². The van der Waals surface area contributed by atoms with Crippen LogP contribution < -0.4 is 0 Å². The van der Waals surface area contributed by atoms with Crippen LogP contribution in [0.3, 0.4) is 0 Å². The average molecular weight is 196 g/mol. The number of hydrogen-bond donors (Lipinski definition) is 0. The smallest absolute Gasteiger partial charge is 0.319 e. The third-order valence-electron chi connectivity index (χ3n) is 3.55. The van der Waals surface area contributed by atoms with E-state index in [1.807, 2.05) is 16.8 Å². The summed E-state index contributed by atoms with van der Waals surface area (Å²) in [6.07, 6.45) is 7.37. The molecular weight excluding hydrogens is 176 g/mol. The number of carbonyl (C=O) groups excluding carboxylic acids is 1. The maximum Gasteiger partial charge on any atom is 0.319 e. The van der Waals surface area contributed by atoms with E-state index in [4.69, 9.17) is 0 Å². The van der Waals surface area contributed by atoms with Gasteiger partial charge in [-0.05, 0) is 25.7 Å². The lowest BCUT2D eigenvalue weighted by molar-refractivity contribution is 0.156. The van der Waals surface area contributed by atoms with E-state index in [-0.39, 0.29) is 6.03 Å². The van der Waals surface area contributed by atoms with Crippen LogP contribution in [0.2, 0.25) is 0 Å². The number of likely N-dealkylation sites (tertiary alicyclic amines) is 1. The summed E-state index contributed by atoms with van der Waals surface area (Å²) in [4.78, 5) is 16.0. The summed E-state index contributed by atoms with van der Waals surface area (Å²) in [6, 6.07) is 0.775. The highest BCUT2D eigenvalue weighted by atomic mass is 16.2. The van der Waals surface area contributed by atoms with Gasteiger partial charge in [0, 0.05) is 26.2 Å². The normalized spacial score (nSPS) is 23.1. The molecule has 3 heteroatoms. The monoisotopic (exact) mass is 196 g/mol. The minimum absolute atomic E-state index is 0.259. The molecule has 3 nitrogen and oxygen atoms in total. The van der Waals surface area contributed by atoms with Crippen LogP contribution in [-0.4, -0.2) is 42.0 Å². The molecule has 2 fully saturated rings. The molecule has 2 rings (SSSR count). The summed E-state index contributed by atoms with van der Waals surface area (Å²) < 4.78 is 0. The van der Waals surface area contributed by atoms with Crippen molar-refractivity contribution in [3.05, 3.63) is 0 Å². The molecule has 1 saturated carbocycles. The van der Waals surface area contributed by atoms with Crippen molar-refractivity contribution in [1.82, 2.24) is 9.80 Å². The molecule has 1 saturated heterocycles. The summed E-state index contributed by atoms with van der Waals surface area (Å²) in [5.41, 5.74) is 0. The number of hydrogen-bond acceptors (Lipinski definition) is 1. The summed E-state index contributed by atoms with van der Waals surface area (Å²) in [6.45, 7) is 1.94. The third-order valence-corrected chi connectivity index (χ3v) is 3.55. The van der Waals surface area contributed by atoms with Crippen LogP contribution in [0.25, 0.3) is 0 Å². The Morgan fingerprint density at radius 3 is 2.29 bits per heavy atom. The lowest BCUT2D eigenvalue weighted by Crippen LogP contribution is -2.43. The zero-order valence-corrected chi connectivity index (χ0v) is 9.04. The van der Waals surface area contributed by atoms with E-state index in [0.717, 1.165) is 13.1 Å². The van der Waals surface area contributed by atoms with Gasteiger partial charge in [0.05, 0.1) is 0 Å². The highest BCUT2D eigenvalue weighted by molar-refractivity contribution is 5.74. The van der Waals surface area contributed by atoms with E-state index >= 15 is 0 Å². The van der Waals surface area contributed by atoms with Crippen LogP contribution in [0, 0.1) is 0 Å². The van der Waals surface area contributed by atoms with Gasteiger partial charge in [0.15, 0.2) is 0 Å². The van der Waals surface area contributed by atoms with E-state index in [1.165, 1.54) is 38.5 Å². The largest absolute Gasteiger partial charge is 0.325 e. The van der Waals surface area contributed by atoms with Gasteiger partial charge in [-0.25, -0.2) is 4.79 Å². The molecule has 0 unspecified atom stereocenters. The minimum Gasteiger partial charge on any atom is -0.325 e. The van der Waals surface area contributed by atoms with Crippen molar-refractivity contribution < 1.29 is 4.79 Å². The van der Waals surface area contributed by atoms with Crippen LogP contribution in [-0.2, 0) is 0 Å². The Hall–Kier alpha value is -0.730. The fourth-order valence-electron chi connectivity index (χ4n) is 2.58. The maximum absolute atomic E-state index is 12.0. The summed E-state index contributed by atoms with van der Waals surface area (Å²) in [7, 11) is 1.97. The molecule has 0 aromatic rings. The second-order valence-electron chi connectivity index (χ2n) is 4.53. The fraction of sp³-hybridized carbons (Fsp3) is 0.909. The second kappa shape index (κ2) is 4.20. The van der Waals surface area contributed by atoms with Gasteiger partial charge in [-0.3, -0.25) is 0 Å². The number of nitrogens with zero attached hydrogens (tertiary/aromatic N) is 2. The number of rotatable bonds is 1. The van der Waals surface area contributed by atoms with Crippen molar-refractivity contribution in [2.75, 3.05) is 20.1 Å². The molecule has 80 valence electrons. The lowest BCUT2D eigenvalue weighted by Gasteiger charge is -2.29. The molecule has 1 aliphatic heterocycles. The highest BCUT2D eigenvalue weighted by Crippen LogP contribution is 2.23. The first-order valence-electron chi connectivity index (χ1n) is 5.81. The first-order chi connectivity index (χ1) is 6.79. The molecule has 0 aromatic carbocycles. The van der Waals surface area contributed by atoms with Crippen LogP contribution >= 0.6 is 0 Å². The maximum atomic E-state index is 12.0. The van der Waals surface area contributed by atoms with Crippen molar-refractivity contribution in [3.63, 3.8) is 0 Å². The zero-order chi connectivity index (χ0) is 9.97. The topological polar surface area (TPSA) is 23.6 Å². The minimum atomic E-state index is 0.259. The average Bonchev–Trinajstić information content (AvgIpc) is 2.87. The molecule has 0 atom stereocenters. The number of carbonyl (C=O) groups is 1. The molecule has 2 amide bonds. The standard InChI is InChI=1S/C11H20N2O/c1-12(10-6-2-3-7-10)11(14)13-8-4-5-9-13/h10H,2-9H2,1H3. The number of amides is 2. The molecule has 2 aliphatic rings. The third kappa shape index (κ3) is 1.86. The van der Waals surface area contributed by atoms with Crippen LogP contribution in [0.4, 0.5) is 4.79 Å². The SMILES string of the molecule is CN(C(=O)N1CCCC1)C1CCCC1. The van der Waals surface area contributed by atoms with E-state index in [1.54, 1.807) is 0 Å². The van der Waals surface area contributed by atoms with Gasteiger partial charge in [-0.2, -0.15) is 0 Å². The van der Waals surface area contributed by atoms with Crippen molar-refractivity contribution in [2.45, 2.75) is 44.6 Å². The van der Waals surface area contributed by atoms with E-state index in [2.05, 4.69) is 0 Å². The van der Waals surface area contributed by atoms with Gasteiger partial charge >= 0.3 is 6.03 Å². The molecule has 1 heterocycles. The summed E-state index contributed by atoms with van der Waals surface area (Å²) in [5.74, 6) is 0. The zero-order valence-electron chi connectivity index (χ0n) is 9.04.